The van der Waals surface area contributed by atoms with Crippen LogP contribution in [-0.2, 0) is 11.2 Å². The summed E-state index contributed by atoms with van der Waals surface area (Å²) < 4.78 is 5.19. The summed E-state index contributed by atoms with van der Waals surface area (Å²) in [7, 11) is 1.59. The molecule has 0 saturated heterocycles. The maximum Gasteiger partial charge on any atom is 0.167 e. The number of Topliss-reactive ketones (excluding diaryl/α,β-unsaturated/α-hetero) is 1. The Kier molecular flexibility index (Phi) is 2.54. The average Bonchev–Trinajstić information content (AvgIpc) is 2.57. The van der Waals surface area contributed by atoms with Gasteiger partial charge < -0.3 is 9.53 Å². The van der Waals surface area contributed by atoms with E-state index in [1.807, 2.05) is 6.07 Å². The topological polar surface area (TPSA) is 43.4 Å². The monoisotopic (exact) mass is 204 g/mol. The van der Waals surface area contributed by atoms with Crippen LogP contribution in [0.15, 0.2) is 18.2 Å². The minimum Gasteiger partial charge on any atom is -0.496 e. The third kappa shape index (κ3) is 1.54. The van der Waals surface area contributed by atoms with Gasteiger partial charge in [-0.2, -0.15) is 0 Å². The van der Waals surface area contributed by atoms with Crippen molar-refractivity contribution in [3.05, 3.63) is 29.3 Å². The molecule has 1 aromatic rings. The molecule has 0 N–H and O–H groups in total. The van der Waals surface area contributed by atoms with Gasteiger partial charge in [-0.05, 0) is 12.5 Å². The summed E-state index contributed by atoms with van der Waals surface area (Å²) in [5.41, 5.74) is 1.65. The summed E-state index contributed by atoms with van der Waals surface area (Å²) in [6, 6.07) is 5.44. The molecule has 3 nitrogen and oxygen atoms in total. The van der Waals surface area contributed by atoms with Gasteiger partial charge in [0, 0.05) is 23.5 Å². The molecule has 2 rings (SSSR count). The van der Waals surface area contributed by atoms with E-state index in [-0.39, 0.29) is 11.7 Å². The van der Waals surface area contributed by atoms with Crippen molar-refractivity contribution in [2.75, 3.05) is 7.11 Å². The highest BCUT2D eigenvalue weighted by molar-refractivity contribution is 6.03. The molecular weight excluding hydrogens is 192 g/mol. The largest absolute Gasteiger partial charge is 0.496 e. The van der Waals surface area contributed by atoms with Crippen LogP contribution in [-0.4, -0.2) is 19.2 Å². The number of ketones is 1. The van der Waals surface area contributed by atoms with E-state index < -0.39 is 0 Å². The van der Waals surface area contributed by atoms with E-state index in [2.05, 4.69) is 0 Å². The quantitative estimate of drug-likeness (QED) is 0.703. The zero-order valence-electron chi connectivity index (χ0n) is 8.53. The lowest BCUT2D eigenvalue weighted by Crippen LogP contribution is -2.08. The van der Waals surface area contributed by atoms with Crippen molar-refractivity contribution < 1.29 is 14.3 Å². The Labute approximate surface area is 88.1 Å². The summed E-state index contributed by atoms with van der Waals surface area (Å²) in [4.78, 5) is 22.3. The molecule has 0 amide bonds. The molecule has 0 fully saturated rings. The summed E-state index contributed by atoms with van der Waals surface area (Å²) in [6.45, 7) is 0. The molecule has 1 unspecified atom stereocenters. The van der Waals surface area contributed by atoms with Gasteiger partial charge in [-0.1, -0.05) is 12.1 Å². The van der Waals surface area contributed by atoms with Crippen LogP contribution in [0.25, 0.3) is 0 Å². The molecule has 0 heterocycles. The normalized spacial score (nSPS) is 18.7. The highest BCUT2D eigenvalue weighted by Gasteiger charge is 2.31. The van der Waals surface area contributed by atoms with E-state index in [1.54, 1.807) is 19.2 Å². The fraction of sp³-hybridized carbons (Fsp3) is 0.333. The maximum atomic E-state index is 11.8. The number of hydrogen-bond acceptors (Lipinski definition) is 3. The van der Waals surface area contributed by atoms with Gasteiger partial charge in [0.05, 0.1) is 7.11 Å². The van der Waals surface area contributed by atoms with Crippen LogP contribution in [0.1, 0.15) is 22.3 Å². The zero-order chi connectivity index (χ0) is 10.8. The predicted octanol–water partition coefficient (Wildman–Crippen LogP) is 1.64. The van der Waals surface area contributed by atoms with Crippen molar-refractivity contribution in [1.82, 2.24) is 0 Å². The van der Waals surface area contributed by atoms with Crippen LogP contribution in [0.2, 0.25) is 0 Å². The molecule has 0 spiro atoms. The molecule has 78 valence electrons. The van der Waals surface area contributed by atoms with Crippen LogP contribution in [0.5, 0.6) is 5.75 Å². The predicted molar refractivity (Wildman–Crippen MR) is 55.2 cm³/mol. The Morgan fingerprint density at radius 3 is 3.00 bits per heavy atom. The molecule has 1 atom stereocenters. The van der Waals surface area contributed by atoms with Crippen LogP contribution < -0.4 is 4.74 Å². The molecule has 1 aliphatic rings. The van der Waals surface area contributed by atoms with Crippen LogP contribution in [0, 0.1) is 5.92 Å². The van der Waals surface area contributed by atoms with E-state index >= 15 is 0 Å². The Bertz CT molecular complexity index is 409. The first kappa shape index (κ1) is 9.90. The molecule has 0 aliphatic heterocycles. The van der Waals surface area contributed by atoms with Crippen molar-refractivity contribution in [3.8, 4) is 5.75 Å². The number of carbonyl (C=O) groups excluding carboxylic acids is 2. The summed E-state index contributed by atoms with van der Waals surface area (Å²) in [5, 5.41) is 0. The third-order valence-electron chi connectivity index (χ3n) is 2.82. The van der Waals surface area contributed by atoms with Crippen molar-refractivity contribution >= 4 is 12.1 Å². The van der Waals surface area contributed by atoms with E-state index in [4.69, 9.17) is 4.74 Å². The number of hydrogen-bond donors (Lipinski definition) is 0. The van der Waals surface area contributed by atoms with Gasteiger partial charge >= 0.3 is 0 Å². The number of methoxy groups -OCH3 is 1. The first-order valence-corrected chi connectivity index (χ1v) is 4.91. The molecule has 0 bridgehead atoms. The number of fused-ring (bicyclic) bond motifs is 1. The van der Waals surface area contributed by atoms with Gasteiger partial charge in [0.15, 0.2) is 5.78 Å². The van der Waals surface area contributed by atoms with E-state index in [1.165, 1.54) is 0 Å². The minimum atomic E-state index is -0.186. The summed E-state index contributed by atoms with van der Waals surface area (Å²) in [6.07, 6.45) is 1.73. The lowest BCUT2D eigenvalue weighted by molar-refractivity contribution is -0.108. The first-order valence-electron chi connectivity index (χ1n) is 4.91. The Morgan fingerprint density at radius 1 is 1.53 bits per heavy atom. The fourth-order valence-corrected chi connectivity index (χ4v) is 2.06. The Hall–Kier alpha value is -1.64. The summed E-state index contributed by atoms with van der Waals surface area (Å²) >= 11 is 0. The second-order valence-corrected chi connectivity index (χ2v) is 3.65. The second-order valence-electron chi connectivity index (χ2n) is 3.65. The number of rotatable bonds is 3. The highest BCUT2D eigenvalue weighted by Crippen LogP contribution is 2.34. The molecule has 3 heteroatoms. The van der Waals surface area contributed by atoms with E-state index in [0.29, 0.717) is 18.4 Å². The van der Waals surface area contributed by atoms with Crippen LogP contribution >= 0.6 is 0 Å². The van der Waals surface area contributed by atoms with Gasteiger partial charge in [0.25, 0.3) is 0 Å². The summed E-state index contributed by atoms with van der Waals surface area (Å²) in [5.74, 6) is 0.624. The van der Waals surface area contributed by atoms with Crippen molar-refractivity contribution in [1.29, 1.82) is 0 Å². The molecule has 0 saturated carbocycles. The molecule has 15 heavy (non-hydrogen) atoms. The van der Waals surface area contributed by atoms with Crippen LogP contribution in [0.3, 0.4) is 0 Å². The number of aldehydes is 1. The van der Waals surface area contributed by atoms with Crippen molar-refractivity contribution in [3.63, 3.8) is 0 Å². The molecule has 1 aliphatic carbocycles. The molecule has 0 aromatic heterocycles. The lowest BCUT2D eigenvalue weighted by atomic mass is 10.0. The minimum absolute atomic E-state index is 0.0657. The van der Waals surface area contributed by atoms with Crippen molar-refractivity contribution in [2.24, 2.45) is 5.92 Å². The van der Waals surface area contributed by atoms with Gasteiger partial charge in [-0.25, -0.2) is 0 Å². The van der Waals surface area contributed by atoms with Gasteiger partial charge in [0.1, 0.15) is 12.0 Å². The van der Waals surface area contributed by atoms with E-state index in [0.717, 1.165) is 17.6 Å². The van der Waals surface area contributed by atoms with Crippen molar-refractivity contribution in [2.45, 2.75) is 12.8 Å². The first-order chi connectivity index (χ1) is 7.27. The van der Waals surface area contributed by atoms with Crippen LogP contribution in [0.4, 0.5) is 0 Å². The molecular formula is C12H12O3. The average molecular weight is 204 g/mol. The molecule has 1 aromatic carbocycles. The Morgan fingerprint density at radius 2 is 2.33 bits per heavy atom. The zero-order valence-corrected chi connectivity index (χ0v) is 8.53. The SMILES string of the molecule is COc1cccc2c1CC(CC=O)C2=O. The third-order valence-corrected chi connectivity index (χ3v) is 2.82. The lowest BCUT2D eigenvalue weighted by Gasteiger charge is -2.04. The number of ether oxygens (including phenoxy) is 1. The smallest absolute Gasteiger partial charge is 0.167 e. The maximum absolute atomic E-state index is 11.8. The van der Waals surface area contributed by atoms with E-state index in [9.17, 15) is 9.59 Å². The standard InChI is InChI=1S/C12H12O3/c1-15-11-4-2-3-9-10(11)7-8(5-6-13)12(9)14/h2-4,6,8H,5,7H2,1H3. The molecule has 0 radical (unpaired) electrons. The van der Waals surface area contributed by atoms with Gasteiger partial charge in [0.2, 0.25) is 0 Å². The fourth-order valence-electron chi connectivity index (χ4n) is 2.06. The van der Waals surface area contributed by atoms with Gasteiger partial charge in [-0.15, -0.1) is 0 Å². The van der Waals surface area contributed by atoms with Gasteiger partial charge in [-0.3, -0.25) is 4.79 Å². The number of carbonyl (C=O) groups is 2. The Balaban J connectivity index is 2.39. The highest BCUT2D eigenvalue weighted by atomic mass is 16.5. The number of benzene rings is 1. The second kappa shape index (κ2) is 3.85.